The van der Waals surface area contributed by atoms with Crippen molar-refractivity contribution < 1.29 is 4.21 Å². The molecule has 124 valence electrons. The molecule has 3 aromatic rings. The average molecular weight is 338 g/mol. The summed E-state index contributed by atoms with van der Waals surface area (Å²) in [5, 5.41) is 4.74. The Kier molecular flexibility index (Phi) is 5.38. The number of nitrogens with one attached hydrogen (secondary N) is 1. The lowest BCUT2D eigenvalue weighted by Crippen LogP contribution is -2.21. The van der Waals surface area contributed by atoms with E-state index < -0.39 is 10.8 Å². The summed E-state index contributed by atoms with van der Waals surface area (Å²) in [6.45, 7) is 3.04. The molecule has 0 saturated heterocycles. The van der Waals surface area contributed by atoms with Crippen molar-refractivity contribution in [2.75, 3.05) is 12.8 Å². The Labute approximate surface area is 145 Å². The molecule has 2 atom stereocenters. The van der Waals surface area contributed by atoms with Gasteiger partial charge in [-0.1, -0.05) is 36.4 Å². The van der Waals surface area contributed by atoms with Crippen LogP contribution in [0.25, 0.3) is 10.9 Å². The molecule has 24 heavy (non-hydrogen) atoms. The summed E-state index contributed by atoms with van der Waals surface area (Å²) in [6, 6.07) is 18.6. The Hall–Kier alpha value is -2.04. The number of aromatic nitrogens is 1. The Balaban J connectivity index is 1.62. The van der Waals surface area contributed by atoms with Gasteiger partial charge in [-0.2, -0.15) is 0 Å². The van der Waals surface area contributed by atoms with Gasteiger partial charge in [-0.05, 0) is 49.2 Å². The molecule has 1 heterocycles. The molecule has 0 aliphatic rings. The van der Waals surface area contributed by atoms with Crippen molar-refractivity contribution in [1.29, 1.82) is 0 Å². The van der Waals surface area contributed by atoms with Crippen LogP contribution in [0.15, 0.2) is 65.7 Å². The third-order valence-electron chi connectivity index (χ3n) is 4.27. The monoisotopic (exact) mass is 338 g/mol. The molecule has 0 unspecified atom stereocenters. The average Bonchev–Trinajstić information content (AvgIpc) is 2.62. The van der Waals surface area contributed by atoms with Crippen molar-refractivity contribution in [3.63, 3.8) is 0 Å². The van der Waals surface area contributed by atoms with Crippen molar-refractivity contribution in [3.8, 4) is 0 Å². The molecule has 0 saturated carbocycles. The number of hydrogen-bond acceptors (Lipinski definition) is 3. The number of para-hydroxylation sites is 1. The van der Waals surface area contributed by atoms with Crippen molar-refractivity contribution in [3.05, 3.63) is 71.9 Å². The quantitative estimate of drug-likeness (QED) is 0.742. The number of nitrogens with zero attached hydrogens (tertiary/aromatic N) is 1. The van der Waals surface area contributed by atoms with Crippen LogP contribution >= 0.6 is 0 Å². The first-order valence-electron chi connectivity index (χ1n) is 8.14. The van der Waals surface area contributed by atoms with E-state index in [2.05, 4.69) is 41.5 Å². The summed E-state index contributed by atoms with van der Waals surface area (Å²) >= 11 is 0. The molecule has 0 radical (unpaired) electrons. The minimum Gasteiger partial charge on any atom is -0.310 e. The Morgan fingerprint density at radius 1 is 1.08 bits per heavy atom. The first-order valence-corrected chi connectivity index (χ1v) is 9.70. The van der Waals surface area contributed by atoms with Crippen molar-refractivity contribution in [2.45, 2.75) is 24.3 Å². The Bertz CT molecular complexity index is 840. The minimum atomic E-state index is -0.922. The second-order valence-corrected chi connectivity index (χ2v) is 7.32. The summed E-state index contributed by atoms with van der Waals surface area (Å²) in [5.41, 5.74) is 3.56. The summed E-state index contributed by atoms with van der Waals surface area (Å²) < 4.78 is 11.5. The van der Waals surface area contributed by atoms with Crippen LogP contribution in [-0.4, -0.2) is 22.0 Å². The van der Waals surface area contributed by atoms with E-state index in [1.165, 1.54) is 16.5 Å². The Morgan fingerprint density at radius 2 is 1.83 bits per heavy atom. The van der Waals surface area contributed by atoms with Gasteiger partial charge in [0.15, 0.2) is 0 Å². The van der Waals surface area contributed by atoms with E-state index in [0.717, 1.165) is 23.4 Å². The lowest BCUT2D eigenvalue weighted by molar-refractivity contribution is 0.577. The van der Waals surface area contributed by atoms with Gasteiger partial charge in [0.2, 0.25) is 0 Å². The van der Waals surface area contributed by atoms with Gasteiger partial charge in [-0.25, -0.2) is 0 Å². The highest BCUT2D eigenvalue weighted by Crippen LogP contribution is 2.17. The molecule has 0 spiro atoms. The van der Waals surface area contributed by atoms with Gasteiger partial charge >= 0.3 is 0 Å². The van der Waals surface area contributed by atoms with Crippen LogP contribution < -0.4 is 5.32 Å². The van der Waals surface area contributed by atoms with Crippen LogP contribution in [-0.2, 0) is 17.2 Å². The zero-order valence-corrected chi connectivity index (χ0v) is 14.8. The maximum absolute atomic E-state index is 11.5. The molecule has 0 amide bonds. The topological polar surface area (TPSA) is 42.0 Å². The first-order chi connectivity index (χ1) is 11.6. The maximum Gasteiger partial charge on any atom is 0.0734 e. The van der Waals surface area contributed by atoms with Gasteiger partial charge < -0.3 is 5.32 Å². The number of hydrogen-bond donors (Lipinski definition) is 1. The van der Waals surface area contributed by atoms with Gasteiger partial charge in [0.25, 0.3) is 0 Å². The molecule has 2 aromatic carbocycles. The molecule has 0 aliphatic carbocycles. The molecule has 0 fully saturated rings. The maximum atomic E-state index is 11.5. The number of benzene rings is 2. The van der Waals surface area contributed by atoms with E-state index in [4.69, 9.17) is 0 Å². The highest BCUT2D eigenvalue weighted by molar-refractivity contribution is 7.84. The normalized spacial score (nSPS) is 13.8. The first kappa shape index (κ1) is 16.8. The summed E-state index contributed by atoms with van der Waals surface area (Å²) in [4.78, 5) is 5.37. The second-order valence-electron chi connectivity index (χ2n) is 5.94. The zero-order valence-electron chi connectivity index (χ0n) is 14.0. The number of fused-ring (bicyclic) bond motifs is 1. The van der Waals surface area contributed by atoms with Crippen LogP contribution in [0, 0.1) is 0 Å². The minimum absolute atomic E-state index is 0.257. The molecular formula is C20H22N2OS. The molecule has 1 aromatic heterocycles. The smallest absolute Gasteiger partial charge is 0.0734 e. The second kappa shape index (κ2) is 7.69. The molecule has 3 nitrogen and oxygen atoms in total. The highest BCUT2D eigenvalue weighted by Gasteiger charge is 2.07. The van der Waals surface area contributed by atoms with Gasteiger partial charge in [-0.15, -0.1) is 0 Å². The molecule has 3 rings (SSSR count). The predicted molar refractivity (Wildman–Crippen MR) is 101 cm³/mol. The predicted octanol–water partition coefficient (Wildman–Crippen LogP) is 3.87. The lowest BCUT2D eigenvalue weighted by Gasteiger charge is -2.15. The number of rotatable bonds is 6. The highest BCUT2D eigenvalue weighted by atomic mass is 32.2. The van der Waals surface area contributed by atoms with E-state index in [9.17, 15) is 4.21 Å². The van der Waals surface area contributed by atoms with Crippen molar-refractivity contribution in [1.82, 2.24) is 10.3 Å². The van der Waals surface area contributed by atoms with Crippen LogP contribution in [0.4, 0.5) is 0 Å². The van der Waals surface area contributed by atoms with E-state index in [-0.39, 0.29) is 6.04 Å². The van der Waals surface area contributed by atoms with E-state index in [0.29, 0.717) is 0 Å². The fourth-order valence-corrected chi connectivity index (χ4v) is 3.38. The van der Waals surface area contributed by atoms with E-state index in [1.54, 1.807) is 6.26 Å². The third kappa shape index (κ3) is 3.89. The van der Waals surface area contributed by atoms with Crippen LogP contribution in [0.3, 0.4) is 0 Å². The Morgan fingerprint density at radius 3 is 2.58 bits per heavy atom. The van der Waals surface area contributed by atoms with Gasteiger partial charge in [-0.3, -0.25) is 9.19 Å². The summed E-state index contributed by atoms with van der Waals surface area (Å²) in [6.07, 6.45) is 4.49. The van der Waals surface area contributed by atoms with E-state index >= 15 is 0 Å². The molecule has 4 heteroatoms. The zero-order chi connectivity index (χ0) is 16.9. The van der Waals surface area contributed by atoms with E-state index in [1.807, 2.05) is 36.5 Å². The molecule has 0 bridgehead atoms. The van der Waals surface area contributed by atoms with Crippen molar-refractivity contribution >= 4 is 21.7 Å². The summed E-state index contributed by atoms with van der Waals surface area (Å²) in [5.74, 6) is 0. The molecule has 1 N–H and O–H groups in total. The largest absolute Gasteiger partial charge is 0.310 e. The van der Waals surface area contributed by atoms with Gasteiger partial charge in [0.05, 0.1) is 5.52 Å². The van der Waals surface area contributed by atoms with Crippen molar-refractivity contribution in [2.24, 2.45) is 0 Å². The van der Waals surface area contributed by atoms with Crippen LogP contribution in [0.5, 0.6) is 0 Å². The van der Waals surface area contributed by atoms with Gasteiger partial charge in [0.1, 0.15) is 0 Å². The standard InChI is InChI=1S/C20H22N2OS/c1-15(16-8-10-19(11-9-16)24(2)23)21-14-12-18-6-3-5-17-7-4-13-22-20(17)18/h3-11,13,15,21H,12,14H2,1-2H3/t15-,24+/m1/s1. The number of pyridine rings is 1. The van der Waals surface area contributed by atoms with Gasteiger partial charge in [0, 0.05) is 39.6 Å². The fraction of sp³-hybridized carbons (Fsp3) is 0.250. The van der Waals surface area contributed by atoms with Crippen LogP contribution in [0.2, 0.25) is 0 Å². The lowest BCUT2D eigenvalue weighted by atomic mass is 10.1. The third-order valence-corrected chi connectivity index (χ3v) is 5.21. The SMILES string of the molecule is C[C@@H](NCCc1cccc2cccnc12)c1ccc([S@](C)=O)cc1. The molecular weight excluding hydrogens is 316 g/mol. The fourth-order valence-electron chi connectivity index (χ4n) is 2.86. The summed E-state index contributed by atoms with van der Waals surface area (Å²) in [7, 11) is -0.922. The molecule has 0 aliphatic heterocycles. The van der Waals surface area contributed by atoms with Crippen LogP contribution in [0.1, 0.15) is 24.1 Å².